The molecule has 116 valence electrons. The predicted molar refractivity (Wildman–Crippen MR) is 94.5 cm³/mol. The third-order valence-electron chi connectivity index (χ3n) is 3.42. The summed E-state index contributed by atoms with van der Waals surface area (Å²) in [5.41, 5.74) is 12.8. The molecule has 5 N–H and O–H groups in total. The molecule has 0 amide bonds. The van der Waals surface area contributed by atoms with Gasteiger partial charge in [0.25, 0.3) is 0 Å². The Hall–Kier alpha value is -1.68. The zero-order valence-electron chi connectivity index (χ0n) is 13.0. The van der Waals surface area contributed by atoms with Crippen LogP contribution in [0.15, 0.2) is 74.9 Å². The molecule has 0 fully saturated rings. The van der Waals surface area contributed by atoms with E-state index in [2.05, 4.69) is 44.8 Å². The number of nitrogens with one attached hydrogen (secondary N) is 1. The van der Waals surface area contributed by atoms with E-state index >= 15 is 0 Å². The van der Waals surface area contributed by atoms with E-state index in [0.717, 1.165) is 11.1 Å². The van der Waals surface area contributed by atoms with Gasteiger partial charge in [-0.1, -0.05) is 37.5 Å². The highest BCUT2D eigenvalue weighted by atomic mass is 15.2. The molecule has 0 aliphatic rings. The first kappa shape index (κ1) is 19.3. The van der Waals surface area contributed by atoms with Gasteiger partial charge in [0, 0.05) is 12.8 Å². The van der Waals surface area contributed by atoms with Gasteiger partial charge in [-0.25, -0.2) is 0 Å². The van der Waals surface area contributed by atoms with E-state index in [1.807, 2.05) is 0 Å². The van der Waals surface area contributed by atoms with Gasteiger partial charge >= 0.3 is 0 Å². The van der Waals surface area contributed by atoms with Crippen molar-refractivity contribution in [3.63, 3.8) is 0 Å². The molecule has 3 nitrogen and oxygen atoms in total. The maximum atomic E-state index is 6.48. The summed E-state index contributed by atoms with van der Waals surface area (Å²) in [6, 6.07) is 0. The van der Waals surface area contributed by atoms with Crippen molar-refractivity contribution in [1.29, 1.82) is 0 Å². The molecule has 21 heavy (non-hydrogen) atoms. The van der Waals surface area contributed by atoms with Crippen LogP contribution in [0.25, 0.3) is 0 Å². The maximum absolute atomic E-state index is 6.48. The molecule has 0 spiro atoms. The molecular weight excluding hydrogens is 258 g/mol. The van der Waals surface area contributed by atoms with Gasteiger partial charge in [-0.15, -0.1) is 26.3 Å². The third-order valence-corrected chi connectivity index (χ3v) is 3.42. The van der Waals surface area contributed by atoms with Crippen LogP contribution in [0.1, 0.15) is 25.7 Å². The van der Waals surface area contributed by atoms with Crippen LogP contribution in [0.4, 0.5) is 0 Å². The minimum atomic E-state index is -0.877. The molecular formula is C18H29N3. The van der Waals surface area contributed by atoms with E-state index in [1.165, 1.54) is 0 Å². The van der Waals surface area contributed by atoms with E-state index in [1.54, 1.807) is 24.3 Å². The summed E-state index contributed by atoms with van der Waals surface area (Å²) in [5.74, 6) is 0. The Morgan fingerprint density at radius 2 is 1.10 bits per heavy atom. The first-order chi connectivity index (χ1) is 9.79. The van der Waals surface area contributed by atoms with Crippen LogP contribution in [-0.4, -0.2) is 11.3 Å². The van der Waals surface area contributed by atoms with Crippen molar-refractivity contribution in [2.45, 2.75) is 37.0 Å². The van der Waals surface area contributed by atoms with E-state index in [0.29, 0.717) is 25.7 Å². The molecule has 0 rings (SSSR count). The minimum Gasteiger partial charge on any atom is -0.309 e. The summed E-state index contributed by atoms with van der Waals surface area (Å²) >= 11 is 0. The lowest BCUT2D eigenvalue weighted by atomic mass is 9.88. The highest BCUT2D eigenvalue weighted by Gasteiger charge is 2.36. The fraction of sp³-hybridized carbons (Fsp3) is 0.333. The van der Waals surface area contributed by atoms with Crippen LogP contribution in [0.5, 0.6) is 0 Å². The summed E-state index contributed by atoms with van der Waals surface area (Å²) in [7, 11) is 0. The Balaban J connectivity index is 5.49. The summed E-state index contributed by atoms with van der Waals surface area (Å²) in [4.78, 5) is 0. The van der Waals surface area contributed by atoms with Gasteiger partial charge in [-0.3, -0.25) is 5.32 Å². The van der Waals surface area contributed by atoms with Crippen molar-refractivity contribution >= 4 is 0 Å². The average Bonchev–Trinajstić information content (AvgIpc) is 2.39. The van der Waals surface area contributed by atoms with Gasteiger partial charge in [0.05, 0.1) is 11.3 Å². The fourth-order valence-electron chi connectivity index (χ4n) is 2.13. The van der Waals surface area contributed by atoms with Crippen molar-refractivity contribution in [3.05, 3.63) is 74.9 Å². The Morgan fingerprint density at radius 1 is 0.762 bits per heavy atom. The van der Waals surface area contributed by atoms with Gasteiger partial charge in [0.15, 0.2) is 0 Å². The molecule has 0 aromatic carbocycles. The first-order valence-electron chi connectivity index (χ1n) is 6.96. The van der Waals surface area contributed by atoms with Crippen molar-refractivity contribution in [3.8, 4) is 0 Å². The van der Waals surface area contributed by atoms with Crippen LogP contribution in [0.3, 0.4) is 0 Å². The molecule has 0 saturated carbocycles. The van der Waals surface area contributed by atoms with E-state index < -0.39 is 11.3 Å². The second-order valence-corrected chi connectivity index (χ2v) is 5.25. The summed E-state index contributed by atoms with van der Waals surface area (Å²) in [5, 5.41) is 3.30. The first-order valence-corrected chi connectivity index (χ1v) is 6.96. The Bertz CT molecular complexity index is 396. The van der Waals surface area contributed by atoms with E-state index in [9.17, 15) is 0 Å². The van der Waals surface area contributed by atoms with Crippen molar-refractivity contribution < 1.29 is 0 Å². The third kappa shape index (κ3) is 5.31. The van der Waals surface area contributed by atoms with Crippen LogP contribution < -0.4 is 16.8 Å². The average molecular weight is 287 g/mol. The number of hydrogen-bond acceptors (Lipinski definition) is 3. The molecule has 0 aromatic rings. The molecule has 2 unspecified atom stereocenters. The monoisotopic (exact) mass is 287 g/mol. The highest BCUT2D eigenvalue weighted by molar-refractivity contribution is 5.26. The van der Waals surface area contributed by atoms with Crippen molar-refractivity contribution in [2.75, 3.05) is 0 Å². The van der Waals surface area contributed by atoms with Crippen LogP contribution in [-0.2, 0) is 0 Å². The Labute approximate surface area is 129 Å². The molecule has 0 bridgehead atoms. The van der Waals surface area contributed by atoms with Gasteiger partial charge in [-0.05, 0) is 24.0 Å². The minimum absolute atomic E-state index is 0.497. The van der Waals surface area contributed by atoms with Gasteiger partial charge in [0.2, 0.25) is 0 Å². The molecule has 0 aliphatic carbocycles. The lowest BCUT2D eigenvalue weighted by Gasteiger charge is -2.42. The molecule has 3 heteroatoms. The SMILES string of the molecule is C=CCC(=C)C(N)(CC=C)NC(N)(CC=C)C(=C)CC=C. The lowest BCUT2D eigenvalue weighted by Crippen LogP contribution is -2.68. The molecule has 0 saturated heterocycles. The van der Waals surface area contributed by atoms with Crippen molar-refractivity contribution in [1.82, 2.24) is 5.32 Å². The quantitative estimate of drug-likeness (QED) is 0.381. The standard InChI is InChI=1S/C18H29N3/c1-7-11-15(5)17(19,13-9-3)21-18(20,14-10-4)16(6)12-8-2/h7-10,21H,1-6,11-14,19-20H2. The van der Waals surface area contributed by atoms with Crippen LogP contribution in [0, 0.1) is 0 Å². The lowest BCUT2D eigenvalue weighted by molar-refractivity contribution is 0.269. The molecule has 2 atom stereocenters. The largest absolute Gasteiger partial charge is 0.309 e. The van der Waals surface area contributed by atoms with Crippen molar-refractivity contribution in [2.24, 2.45) is 11.5 Å². The second kappa shape index (κ2) is 8.57. The van der Waals surface area contributed by atoms with Gasteiger partial charge < -0.3 is 11.5 Å². The smallest absolute Gasteiger partial charge is 0.0935 e. The Kier molecular flexibility index (Phi) is 7.89. The molecule has 0 heterocycles. The Morgan fingerprint density at radius 3 is 1.33 bits per heavy atom. The molecule has 0 aromatic heterocycles. The summed E-state index contributed by atoms with van der Waals surface area (Å²) in [6.45, 7) is 23.1. The van der Waals surface area contributed by atoms with Crippen LogP contribution in [0.2, 0.25) is 0 Å². The number of rotatable bonds is 12. The summed E-state index contributed by atoms with van der Waals surface area (Å²) in [6.07, 6.45) is 9.19. The van der Waals surface area contributed by atoms with E-state index in [4.69, 9.17) is 11.5 Å². The second-order valence-electron chi connectivity index (χ2n) is 5.25. The van der Waals surface area contributed by atoms with E-state index in [-0.39, 0.29) is 0 Å². The fourth-order valence-corrected chi connectivity index (χ4v) is 2.13. The highest BCUT2D eigenvalue weighted by Crippen LogP contribution is 2.26. The zero-order chi connectivity index (χ0) is 16.5. The number of nitrogens with two attached hydrogens (primary N) is 2. The summed E-state index contributed by atoms with van der Waals surface area (Å²) < 4.78 is 0. The number of allylic oxidation sites excluding steroid dienone is 2. The van der Waals surface area contributed by atoms with Gasteiger partial charge in [0.1, 0.15) is 0 Å². The molecule has 0 aliphatic heterocycles. The van der Waals surface area contributed by atoms with Crippen LogP contribution >= 0.6 is 0 Å². The predicted octanol–water partition coefficient (Wildman–Crippen LogP) is 3.30. The maximum Gasteiger partial charge on any atom is 0.0935 e. The van der Waals surface area contributed by atoms with Gasteiger partial charge in [-0.2, -0.15) is 0 Å². The zero-order valence-corrected chi connectivity index (χ0v) is 13.0. The number of hydrogen-bond donors (Lipinski definition) is 3. The normalized spacial score (nSPS) is 16.1. The molecule has 0 radical (unpaired) electrons. The topological polar surface area (TPSA) is 64.1 Å².